The van der Waals surface area contributed by atoms with Crippen LogP contribution in [0.25, 0.3) is 0 Å². The maximum atomic E-state index is 11.7. The first-order chi connectivity index (χ1) is 8.15. The Labute approximate surface area is 100 Å². The van der Waals surface area contributed by atoms with Crippen LogP contribution in [0, 0.1) is 0 Å². The topological polar surface area (TPSA) is 78.9 Å². The molecule has 1 rings (SSSR count). The maximum absolute atomic E-state index is 11.7. The molecule has 0 aliphatic carbocycles. The fourth-order valence-electron chi connectivity index (χ4n) is 1.68. The third-order valence-corrected chi connectivity index (χ3v) is 2.49. The van der Waals surface area contributed by atoms with Gasteiger partial charge >= 0.3 is 5.97 Å². The van der Waals surface area contributed by atoms with Gasteiger partial charge in [-0.1, -0.05) is 6.08 Å². The molecule has 17 heavy (non-hydrogen) atoms. The van der Waals surface area contributed by atoms with Crippen molar-refractivity contribution in [3.8, 4) is 0 Å². The first-order valence-electron chi connectivity index (χ1n) is 5.64. The lowest BCUT2D eigenvalue weighted by Crippen LogP contribution is -2.53. The highest BCUT2D eigenvalue weighted by Gasteiger charge is 2.27. The van der Waals surface area contributed by atoms with Crippen LogP contribution in [0.5, 0.6) is 0 Å². The van der Waals surface area contributed by atoms with Crippen molar-refractivity contribution >= 4 is 11.9 Å². The average molecular weight is 242 g/mol. The monoisotopic (exact) mass is 242 g/mol. The molecule has 0 spiro atoms. The molecule has 1 amide bonds. The molecule has 1 heterocycles. The number of likely N-dealkylation sites (N-methyl/N-ethyl adjacent to an activating group) is 1. The van der Waals surface area contributed by atoms with Crippen LogP contribution in [0.3, 0.4) is 0 Å². The Balaban J connectivity index is 2.53. The summed E-state index contributed by atoms with van der Waals surface area (Å²) in [4.78, 5) is 24.0. The number of rotatable bonds is 5. The molecule has 1 aliphatic rings. The minimum Gasteiger partial charge on any atom is -0.478 e. The van der Waals surface area contributed by atoms with E-state index < -0.39 is 5.97 Å². The summed E-state index contributed by atoms with van der Waals surface area (Å²) in [6, 6.07) is -0.331. The van der Waals surface area contributed by atoms with Crippen molar-refractivity contribution < 1.29 is 19.4 Å². The van der Waals surface area contributed by atoms with E-state index in [1.165, 1.54) is 0 Å². The molecule has 96 valence electrons. The van der Waals surface area contributed by atoms with E-state index in [9.17, 15) is 9.59 Å². The van der Waals surface area contributed by atoms with Gasteiger partial charge in [0.25, 0.3) is 0 Å². The normalized spacial score (nSPS) is 21.6. The van der Waals surface area contributed by atoms with Crippen LogP contribution in [0.15, 0.2) is 12.2 Å². The highest BCUT2D eigenvalue weighted by atomic mass is 16.5. The second kappa shape index (κ2) is 7.03. The summed E-state index contributed by atoms with van der Waals surface area (Å²) < 4.78 is 5.26. The van der Waals surface area contributed by atoms with Gasteiger partial charge in [0, 0.05) is 25.7 Å². The van der Waals surface area contributed by atoms with Crippen LogP contribution in [0.4, 0.5) is 0 Å². The number of ether oxygens (including phenoxy) is 1. The minimum atomic E-state index is -0.979. The second-order valence-corrected chi connectivity index (χ2v) is 3.72. The minimum absolute atomic E-state index is 0.0732. The van der Waals surface area contributed by atoms with E-state index >= 15 is 0 Å². The van der Waals surface area contributed by atoms with Crippen LogP contribution >= 0.6 is 0 Å². The smallest absolute Gasteiger partial charge is 0.328 e. The molecule has 0 bridgehead atoms. The molecule has 0 radical (unpaired) electrons. The van der Waals surface area contributed by atoms with Crippen molar-refractivity contribution in [3.63, 3.8) is 0 Å². The van der Waals surface area contributed by atoms with Crippen molar-refractivity contribution in [3.05, 3.63) is 12.2 Å². The summed E-state index contributed by atoms with van der Waals surface area (Å²) >= 11 is 0. The Morgan fingerprint density at radius 1 is 1.59 bits per heavy atom. The van der Waals surface area contributed by atoms with Gasteiger partial charge in [-0.15, -0.1) is 0 Å². The predicted molar refractivity (Wildman–Crippen MR) is 61.6 cm³/mol. The number of nitrogens with one attached hydrogen (secondary N) is 1. The van der Waals surface area contributed by atoms with Crippen molar-refractivity contribution in [1.82, 2.24) is 10.2 Å². The van der Waals surface area contributed by atoms with Gasteiger partial charge in [-0.2, -0.15) is 0 Å². The lowest BCUT2D eigenvalue weighted by molar-refractivity contribution is -0.132. The van der Waals surface area contributed by atoms with Gasteiger partial charge in [0.05, 0.1) is 13.2 Å². The molecule has 0 aromatic carbocycles. The lowest BCUT2D eigenvalue weighted by Gasteiger charge is -2.33. The van der Waals surface area contributed by atoms with E-state index in [0.717, 1.165) is 6.08 Å². The zero-order valence-electron chi connectivity index (χ0n) is 9.89. The number of aliphatic carboxylic acids is 1. The molecule has 6 heteroatoms. The number of morpholine rings is 1. The third-order valence-electron chi connectivity index (χ3n) is 2.49. The van der Waals surface area contributed by atoms with E-state index in [0.29, 0.717) is 32.8 Å². The number of carbonyl (C=O) groups excluding carboxylic acids is 1. The zero-order valence-corrected chi connectivity index (χ0v) is 9.89. The molecule has 1 unspecified atom stereocenters. The summed E-state index contributed by atoms with van der Waals surface area (Å²) in [6.07, 6.45) is 2.63. The lowest BCUT2D eigenvalue weighted by atomic mass is 10.2. The average Bonchev–Trinajstić information content (AvgIpc) is 2.29. The molecular weight excluding hydrogens is 224 g/mol. The zero-order chi connectivity index (χ0) is 12.7. The first-order valence-corrected chi connectivity index (χ1v) is 5.64. The SMILES string of the molecule is CCNC(=O)C1COCCN1C/C=C/C(=O)O. The van der Waals surface area contributed by atoms with Crippen molar-refractivity contribution in [2.45, 2.75) is 13.0 Å². The molecule has 0 saturated carbocycles. The number of nitrogens with zero attached hydrogens (tertiary/aromatic N) is 1. The van der Waals surface area contributed by atoms with Gasteiger partial charge in [-0.3, -0.25) is 9.69 Å². The second-order valence-electron chi connectivity index (χ2n) is 3.72. The summed E-state index contributed by atoms with van der Waals surface area (Å²) in [5.41, 5.74) is 0. The molecule has 2 N–H and O–H groups in total. The van der Waals surface area contributed by atoms with Gasteiger partial charge in [0.15, 0.2) is 0 Å². The molecule has 6 nitrogen and oxygen atoms in total. The number of carbonyl (C=O) groups is 2. The summed E-state index contributed by atoms with van der Waals surface area (Å²) in [5, 5.41) is 11.2. The van der Waals surface area contributed by atoms with E-state index in [2.05, 4.69) is 5.32 Å². The van der Waals surface area contributed by atoms with Gasteiger partial charge in [-0.25, -0.2) is 4.79 Å². The predicted octanol–water partition coefficient (Wildman–Crippen LogP) is -0.536. The van der Waals surface area contributed by atoms with Crippen molar-refractivity contribution in [2.75, 3.05) is 32.8 Å². The van der Waals surface area contributed by atoms with Gasteiger partial charge in [0.1, 0.15) is 6.04 Å². The van der Waals surface area contributed by atoms with Crippen LogP contribution in [-0.4, -0.2) is 60.8 Å². The summed E-state index contributed by atoms with van der Waals surface area (Å²) in [7, 11) is 0. The molecule has 1 aliphatic heterocycles. The van der Waals surface area contributed by atoms with Gasteiger partial charge in [0.2, 0.25) is 5.91 Å². The third kappa shape index (κ3) is 4.54. The van der Waals surface area contributed by atoms with E-state index in [1.54, 1.807) is 6.08 Å². The van der Waals surface area contributed by atoms with Crippen LogP contribution in [0.2, 0.25) is 0 Å². The molecule has 1 saturated heterocycles. The Hall–Kier alpha value is -1.40. The van der Waals surface area contributed by atoms with Crippen molar-refractivity contribution in [2.24, 2.45) is 0 Å². The quantitative estimate of drug-likeness (QED) is 0.633. The van der Waals surface area contributed by atoms with Crippen LogP contribution in [0.1, 0.15) is 6.92 Å². The Bertz CT molecular complexity index is 304. The van der Waals surface area contributed by atoms with Crippen molar-refractivity contribution in [1.29, 1.82) is 0 Å². The van der Waals surface area contributed by atoms with E-state index in [1.807, 2.05) is 11.8 Å². The molecule has 1 fully saturated rings. The highest BCUT2D eigenvalue weighted by Crippen LogP contribution is 2.07. The number of carboxylic acid groups (broad SMARTS) is 1. The van der Waals surface area contributed by atoms with Gasteiger partial charge in [-0.05, 0) is 6.92 Å². The molecular formula is C11H18N2O4. The summed E-state index contributed by atoms with van der Waals surface area (Å²) in [5.74, 6) is -1.05. The maximum Gasteiger partial charge on any atom is 0.328 e. The van der Waals surface area contributed by atoms with Crippen LogP contribution in [-0.2, 0) is 14.3 Å². The Morgan fingerprint density at radius 2 is 2.35 bits per heavy atom. The van der Waals surface area contributed by atoms with Crippen LogP contribution < -0.4 is 5.32 Å². The standard InChI is InChI=1S/C11H18N2O4/c1-2-12-11(16)9-8-17-7-6-13(9)5-3-4-10(14)15/h3-4,9H,2,5-8H2,1H3,(H,12,16)(H,14,15)/b4-3+. The fraction of sp³-hybridized carbons (Fsp3) is 0.636. The van der Waals surface area contributed by atoms with E-state index in [-0.39, 0.29) is 11.9 Å². The first kappa shape index (κ1) is 13.7. The Kier molecular flexibility index (Phi) is 5.65. The molecule has 1 atom stereocenters. The number of carboxylic acids is 1. The van der Waals surface area contributed by atoms with Gasteiger partial charge < -0.3 is 15.2 Å². The Morgan fingerprint density at radius 3 is 3.00 bits per heavy atom. The largest absolute Gasteiger partial charge is 0.478 e. The molecule has 0 aromatic rings. The molecule has 0 aromatic heterocycles. The number of hydrogen-bond donors (Lipinski definition) is 2. The van der Waals surface area contributed by atoms with E-state index in [4.69, 9.17) is 9.84 Å². The fourth-order valence-corrected chi connectivity index (χ4v) is 1.68. The number of amides is 1. The summed E-state index contributed by atoms with van der Waals surface area (Å²) in [6.45, 7) is 4.43. The highest BCUT2D eigenvalue weighted by molar-refractivity contribution is 5.82. The number of hydrogen-bond acceptors (Lipinski definition) is 4.